The third kappa shape index (κ3) is 2.07. The van der Waals surface area contributed by atoms with E-state index >= 15 is 0 Å². The number of anilines is 1. The summed E-state index contributed by atoms with van der Waals surface area (Å²) in [5.74, 6) is -0.0502. The highest BCUT2D eigenvalue weighted by molar-refractivity contribution is 7.17. The largest absolute Gasteiger partial charge is 0.391 e. The van der Waals surface area contributed by atoms with Crippen LogP contribution in [-0.2, 0) is 4.79 Å². The first-order valence-electron chi connectivity index (χ1n) is 5.64. The molecule has 1 N–H and O–H groups in total. The summed E-state index contributed by atoms with van der Waals surface area (Å²) >= 11 is 3.14. The Morgan fingerprint density at radius 1 is 1.50 bits per heavy atom. The minimum Gasteiger partial charge on any atom is -0.391 e. The molecule has 0 aromatic carbocycles. The molecule has 94 valence electrons. The second-order valence-electron chi connectivity index (χ2n) is 4.29. The zero-order valence-corrected chi connectivity index (χ0v) is 11.4. The standard InChI is InChI=1S/C12H12N2O2S2/c1-7-2-3-10(18-7)9-6-17-12(13-9)14-5-8(15)4-11(14)16/h2-3,6,8,15H,4-5H2,1H3. The third-order valence-electron chi connectivity index (χ3n) is 2.82. The van der Waals surface area contributed by atoms with Crippen LogP contribution in [0.15, 0.2) is 17.5 Å². The van der Waals surface area contributed by atoms with Crippen LogP contribution in [0.1, 0.15) is 11.3 Å². The van der Waals surface area contributed by atoms with Gasteiger partial charge in [0, 0.05) is 10.3 Å². The molecule has 0 aliphatic carbocycles. The molecule has 0 saturated carbocycles. The van der Waals surface area contributed by atoms with E-state index in [1.54, 1.807) is 16.2 Å². The second-order valence-corrected chi connectivity index (χ2v) is 6.41. The SMILES string of the molecule is Cc1ccc(-c2csc(N3CC(O)CC3=O)n2)s1. The number of rotatable bonds is 2. The van der Waals surface area contributed by atoms with E-state index in [2.05, 4.69) is 18.0 Å². The highest BCUT2D eigenvalue weighted by Crippen LogP contribution is 2.33. The summed E-state index contributed by atoms with van der Waals surface area (Å²) in [5.41, 5.74) is 0.905. The molecular formula is C12H12N2O2S2. The molecule has 1 amide bonds. The van der Waals surface area contributed by atoms with E-state index in [9.17, 15) is 9.90 Å². The number of thiophene rings is 1. The van der Waals surface area contributed by atoms with Crippen molar-refractivity contribution < 1.29 is 9.90 Å². The maximum Gasteiger partial charge on any atom is 0.231 e. The quantitative estimate of drug-likeness (QED) is 0.918. The van der Waals surface area contributed by atoms with Crippen LogP contribution in [-0.4, -0.2) is 28.6 Å². The summed E-state index contributed by atoms with van der Waals surface area (Å²) in [6, 6.07) is 4.10. The summed E-state index contributed by atoms with van der Waals surface area (Å²) in [5, 5.41) is 12.1. The van der Waals surface area contributed by atoms with Crippen LogP contribution in [0.5, 0.6) is 0 Å². The number of aromatic nitrogens is 1. The molecule has 4 nitrogen and oxygen atoms in total. The molecule has 3 heterocycles. The summed E-state index contributed by atoms with van der Waals surface area (Å²) in [6.45, 7) is 2.41. The van der Waals surface area contributed by atoms with Crippen molar-refractivity contribution in [3.05, 3.63) is 22.4 Å². The summed E-state index contributed by atoms with van der Waals surface area (Å²) in [4.78, 5) is 20.1. The highest BCUT2D eigenvalue weighted by Gasteiger charge is 2.30. The Bertz CT molecular complexity index is 590. The van der Waals surface area contributed by atoms with Gasteiger partial charge in [-0.15, -0.1) is 22.7 Å². The Kier molecular flexibility index (Phi) is 2.93. The number of hydrogen-bond acceptors (Lipinski definition) is 5. The average molecular weight is 280 g/mol. The number of carbonyl (C=O) groups excluding carboxylic acids is 1. The van der Waals surface area contributed by atoms with E-state index in [1.807, 2.05) is 11.4 Å². The van der Waals surface area contributed by atoms with Gasteiger partial charge in [0.15, 0.2) is 5.13 Å². The van der Waals surface area contributed by atoms with Crippen LogP contribution in [0.2, 0.25) is 0 Å². The van der Waals surface area contributed by atoms with Gasteiger partial charge in [0.25, 0.3) is 0 Å². The van der Waals surface area contributed by atoms with Gasteiger partial charge in [-0.3, -0.25) is 9.69 Å². The van der Waals surface area contributed by atoms with Crippen molar-refractivity contribution in [3.8, 4) is 10.6 Å². The van der Waals surface area contributed by atoms with Gasteiger partial charge in [0.05, 0.1) is 29.6 Å². The van der Waals surface area contributed by atoms with Gasteiger partial charge in [-0.25, -0.2) is 4.98 Å². The van der Waals surface area contributed by atoms with E-state index in [-0.39, 0.29) is 12.3 Å². The Labute approximate surface area is 113 Å². The lowest BCUT2D eigenvalue weighted by atomic mass is 10.3. The number of nitrogens with zero attached hydrogens (tertiary/aromatic N) is 2. The van der Waals surface area contributed by atoms with Crippen molar-refractivity contribution in [3.63, 3.8) is 0 Å². The minimum absolute atomic E-state index is 0.0502. The fraction of sp³-hybridized carbons (Fsp3) is 0.333. The van der Waals surface area contributed by atoms with Crippen LogP contribution in [0, 0.1) is 6.92 Å². The molecule has 0 radical (unpaired) electrons. The van der Waals surface area contributed by atoms with E-state index in [0.717, 1.165) is 10.6 Å². The van der Waals surface area contributed by atoms with E-state index in [1.165, 1.54) is 16.2 Å². The van der Waals surface area contributed by atoms with E-state index in [4.69, 9.17) is 0 Å². The zero-order valence-electron chi connectivity index (χ0n) is 9.79. The predicted molar refractivity (Wildman–Crippen MR) is 73.1 cm³/mol. The molecule has 1 unspecified atom stereocenters. The van der Waals surface area contributed by atoms with Crippen LogP contribution in [0.3, 0.4) is 0 Å². The van der Waals surface area contributed by atoms with Gasteiger partial charge >= 0.3 is 0 Å². The lowest BCUT2D eigenvalue weighted by Gasteiger charge is -2.10. The Hall–Kier alpha value is -1.24. The van der Waals surface area contributed by atoms with Gasteiger partial charge in [0.2, 0.25) is 5.91 Å². The van der Waals surface area contributed by atoms with Crippen LogP contribution in [0.25, 0.3) is 10.6 Å². The molecule has 2 aromatic rings. The summed E-state index contributed by atoms with van der Waals surface area (Å²) in [7, 11) is 0. The molecule has 18 heavy (non-hydrogen) atoms. The fourth-order valence-corrected chi connectivity index (χ4v) is 3.70. The Morgan fingerprint density at radius 3 is 2.94 bits per heavy atom. The summed E-state index contributed by atoms with van der Waals surface area (Å²) < 4.78 is 0. The topological polar surface area (TPSA) is 53.4 Å². The molecule has 1 aliphatic heterocycles. The molecule has 0 spiro atoms. The Morgan fingerprint density at radius 2 is 2.33 bits per heavy atom. The van der Waals surface area contributed by atoms with E-state index < -0.39 is 6.10 Å². The predicted octanol–water partition coefficient (Wildman–Crippen LogP) is 2.28. The van der Waals surface area contributed by atoms with Crippen molar-refractivity contribution >= 4 is 33.7 Å². The maximum absolute atomic E-state index is 11.7. The lowest BCUT2D eigenvalue weighted by Crippen LogP contribution is -2.24. The molecule has 3 rings (SSSR count). The molecule has 2 aromatic heterocycles. The van der Waals surface area contributed by atoms with Crippen molar-refractivity contribution in [2.24, 2.45) is 0 Å². The zero-order chi connectivity index (χ0) is 12.7. The Balaban J connectivity index is 1.88. The maximum atomic E-state index is 11.7. The first-order valence-corrected chi connectivity index (χ1v) is 7.34. The highest BCUT2D eigenvalue weighted by atomic mass is 32.1. The number of carbonyl (C=O) groups is 1. The molecule has 1 atom stereocenters. The van der Waals surface area contributed by atoms with Gasteiger partial charge in [0.1, 0.15) is 0 Å². The molecule has 6 heteroatoms. The fourth-order valence-electron chi connectivity index (χ4n) is 1.95. The van der Waals surface area contributed by atoms with Gasteiger partial charge in [-0.1, -0.05) is 0 Å². The van der Waals surface area contributed by atoms with Crippen LogP contribution in [0.4, 0.5) is 5.13 Å². The normalized spacial score (nSPS) is 19.8. The van der Waals surface area contributed by atoms with Crippen molar-refractivity contribution in [2.75, 3.05) is 11.4 Å². The van der Waals surface area contributed by atoms with Crippen molar-refractivity contribution in [2.45, 2.75) is 19.4 Å². The summed E-state index contributed by atoms with van der Waals surface area (Å²) in [6.07, 6.45) is -0.360. The first kappa shape index (κ1) is 11.8. The molecule has 1 saturated heterocycles. The monoisotopic (exact) mass is 280 g/mol. The number of aliphatic hydroxyl groups excluding tert-OH is 1. The molecule has 1 fully saturated rings. The minimum atomic E-state index is -0.561. The number of thiazole rings is 1. The van der Waals surface area contributed by atoms with Crippen molar-refractivity contribution in [1.29, 1.82) is 0 Å². The van der Waals surface area contributed by atoms with Crippen molar-refractivity contribution in [1.82, 2.24) is 4.98 Å². The van der Waals surface area contributed by atoms with E-state index in [0.29, 0.717) is 11.7 Å². The third-order valence-corrected chi connectivity index (χ3v) is 4.71. The number of amides is 1. The molecule has 1 aliphatic rings. The first-order chi connectivity index (χ1) is 8.63. The number of β-amino-alcohol motifs (C(OH)–C–C–N with tert-alkyl or cyclic N) is 1. The number of aliphatic hydroxyl groups is 1. The molecule has 0 bridgehead atoms. The lowest BCUT2D eigenvalue weighted by molar-refractivity contribution is -0.117. The second kappa shape index (κ2) is 4.46. The van der Waals surface area contributed by atoms with Crippen LogP contribution < -0.4 is 4.90 Å². The van der Waals surface area contributed by atoms with Crippen LogP contribution >= 0.6 is 22.7 Å². The molecular weight excluding hydrogens is 268 g/mol. The van der Waals surface area contributed by atoms with Gasteiger partial charge in [-0.05, 0) is 19.1 Å². The van der Waals surface area contributed by atoms with Gasteiger partial charge in [-0.2, -0.15) is 0 Å². The average Bonchev–Trinajstić information content (AvgIpc) is 2.98. The van der Waals surface area contributed by atoms with Gasteiger partial charge < -0.3 is 5.11 Å². The number of hydrogen-bond donors (Lipinski definition) is 1. The smallest absolute Gasteiger partial charge is 0.231 e. The number of aryl methyl sites for hydroxylation is 1.